The minimum atomic E-state index is -0.746. The quantitative estimate of drug-likeness (QED) is 0.786. The third kappa shape index (κ3) is 4.17. The molecule has 0 amide bonds. The number of benzene rings is 1. The molecule has 0 aromatic heterocycles. The van der Waals surface area contributed by atoms with Crippen LogP contribution in [0.3, 0.4) is 0 Å². The van der Waals surface area contributed by atoms with Gasteiger partial charge >= 0.3 is 5.97 Å². The number of aryl methyl sites for hydroxylation is 1. The Morgan fingerprint density at radius 2 is 2.19 bits per heavy atom. The predicted molar refractivity (Wildman–Crippen MR) is 77.8 cm³/mol. The van der Waals surface area contributed by atoms with Gasteiger partial charge in [-0.05, 0) is 50.5 Å². The molecule has 21 heavy (non-hydrogen) atoms. The number of esters is 1. The molecule has 1 unspecified atom stereocenters. The minimum Gasteiger partial charge on any atom is -0.493 e. The molecule has 1 N–H and O–H groups in total. The number of carbonyl (C=O) groups is 1. The van der Waals surface area contributed by atoms with Crippen LogP contribution in [0.1, 0.15) is 31.7 Å². The first-order valence-electron chi connectivity index (χ1n) is 7.20. The van der Waals surface area contributed by atoms with E-state index in [1.807, 2.05) is 6.92 Å². The number of hydrogen-bond acceptors (Lipinski definition) is 4. The maximum absolute atomic E-state index is 13.0. The number of ether oxygens (including phenoxy) is 2. The summed E-state index contributed by atoms with van der Waals surface area (Å²) in [5.74, 6) is 0.0681. The summed E-state index contributed by atoms with van der Waals surface area (Å²) >= 11 is 0. The van der Waals surface area contributed by atoms with E-state index >= 15 is 0 Å². The molecule has 0 aliphatic heterocycles. The largest absolute Gasteiger partial charge is 0.493 e. The number of rotatable bonds is 7. The first-order chi connectivity index (χ1) is 9.94. The second-order valence-electron chi connectivity index (χ2n) is 5.75. The maximum Gasteiger partial charge on any atom is 0.325 e. The van der Waals surface area contributed by atoms with Gasteiger partial charge in [0.15, 0.2) is 0 Å². The number of nitrogens with one attached hydrogen (secondary N) is 1. The average Bonchev–Trinajstić information content (AvgIpc) is 3.24. The summed E-state index contributed by atoms with van der Waals surface area (Å²) in [6.07, 6.45) is 2.67. The summed E-state index contributed by atoms with van der Waals surface area (Å²) in [5, 5.41) is 3.31. The molecule has 1 fully saturated rings. The second-order valence-corrected chi connectivity index (χ2v) is 5.75. The van der Waals surface area contributed by atoms with Crippen LogP contribution in [0.4, 0.5) is 4.39 Å². The fourth-order valence-corrected chi connectivity index (χ4v) is 2.28. The molecule has 1 aliphatic rings. The molecule has 1 aliphatic carbocycles. The lowest BCUT2D eigenvalue weighted by Crippen LogP contribution is -2.52. The molecule has 0 heterocycles. The van der Waals surface area contributed by atoms with Crippen molar-refractivity contribution >= 4 is 5.97 Å². The lowest BCUT2D eigenvalue weighted by atomic mass is 9.98. The Hall–Kier alpha value is -1.62. The lowest BCUT2D eigenvalue weighted by Gasteiger charge is -2.28. The van der Waals surface area contributed by atoms with Crippen molar-refractivity contribution < 1.29 is 18.7 Å². The van der Waals surface area contributed by atoms with Crippen LogP contribution in [0.25, 0.3) is 0 Å². The Labute approximate surface area is 124 Å². The zero-order valence-corrected chi connectivity index (χ0v) is 12.7. The standard InChI is InChI=1S/C16H22FNO3/c1-11-10-12(17)4-7-14(11)21-9-8-16(2,15(19)20-3)18-13-5-6-13/h4,7,10,13,18H,5-6,8-9H2,1-3H3. The minimum absolute atomic E-state index is 0.283. The summed E-state index contributed by atoms with van der Waals surface area (Å²) < 4.78 is 23.6. The van der Waals surface area contributed by atoms with E-state index < -0.39 is 5.54 Å². The van der Waals surface area contributed by atoms with Crippen molar-refractivity contribution in [2.75, 3.05) is 13.7 Å². The molecule has 5 heteroatoms. The highest BCUT2D eigenvalue weighted by Crippen LogP contribution is 2.25. The van der Waals surface area contributed by atoms with E-state index in [2.05, 4.69) is 5.32 Å². The summed E-state index contributed by atoms with van der Waals surface area (Å²) in [7, 11) is 1.39. The van der Waals surface area contributed by atoms with E-state index in [0.29, 0.717) is 24.8 Å². The molecular formula is C16H22FNO3. The van der Waals surface area contributed by atoms with Gasteiger partial charge in [-0.3, -0.25) is 10.1 Å². The van der Waals surface area contributed by atoms with Crippen LogP contribution < -0.4 is 10.1 Å². The molecule has 1 aromatic carbocycles. The van der Waals surface area contributed by atoms with Crippen LogP contribution in [0.2, 0.25) is 0 Å². The van der Waals surface area contributed by atoms with Gasteiger partial charge in [0.05, 0.1) is 13.7 Å². The predicted octanol–water partition coefficient (Wildman–Crippen LogP) is 2.59. The Morgan fingerprint density at radius 1 is 1.48 bits per heavy atom. The van der Waals surface area contributed by atoms with Crippen molar-refractivity contribution in [2.24, 2.45) is 0 Å². The summed E-state index contributed by atoms with van der Waals surface area (Å²) in [6, 6.07) is 4.79. The van der Waals surface area contributed by atoms with Crippen molar-refractivity contribution in [3.8, 4) is 5.75 Å². The molecular weight excluding hydrogens is 273 g/mol. The van der Waals surface area contributed by atoms with Gasteiger partial charge in [-0.1, -0.05) is 0 Å². The molecule has 116 valence electrons. The van der Waals surface area contributed by atoms with Crippen molar-refractivity contribution in [2.45, 2.75) is 44.7 Å². The number of methoxy groups -OCH3 is 1. The van der Waals surface area contributed by atoms with Crippen LogP contribution in [-0.2, 0) is 9.53 Å². The highest BCUT2D eigenvalue weighted by Gasteiger charge is 2.39. The number of halogens is 1. The van der Waals surface area contributed by atoms with Crippen molar-refractivity contribution in [3.05, 3.63) is 29.6 Å². The summed E-state index contributed by atoms with van der Waals surface area (Å²) in [4.78, 5) is 12.0. The van der Waals surface area contributed by atoms with Gasteiger partial charge in [0, 0.05) is 12.5 Å². The van der Waals surface area contributed by atoms with E-state index in [1.54, 1.807) is 13.0 Å². The fourth-order valence-electron chi connectivity index (χ4n) is 2.28. The molecule has 0 saturated heterocycles. The first kappa shape index (κ1) is 15.8. The molecule has 0 spiro atoms. The molecule has 4 nitrogen and oxygen atoms in total. The van der Waals surface area contributed by atoms with Crippen LogP contribution in [0.5, 0.6) is 5.75 Å². The third-order valence-corrected chi connectivity index (χ3v) is 3.73. The van der Waals surface area contributed by atoms with E-state index in [9.17, 15) is 9.18 Å². The molecule has 2 rings (SSSR count). The second kappa shape index (κ2) is 6.43. The Morgan fingerprint density at radius 3 is 2.76 bits per heavy atom. The van der Waals surface area contributed by atoms with Crippen LogP contribution in [-0.4, -0.2) is 31.3 Å². The molecule has 0 radical (unpaired) electrons. The Bertz CT molecular complexity index is 516. The molecule has 1 atom stereocenters. The topological polar surface area (TPSA) is 47.6 Å². The number of carbonyl (C=O) groups excluding carboxylic acids is 1. The third-order valence-electron chi connectivity index (χ3n) is 3.73. The van der Waals surface area contributed by atoms with Gasteiger partial charge in [-0.15, -0.1) is 0 Å². The van der Waals surface area contributed by atoms with Gasteiger partial charge in [0.2, 0.25) is 0 Å². The van der Waals surface area contributed by atoms with Gasteiger partial charge in [-0.2, -0.15) is 0 Å². The van der Waals surface area contributed by atoms with E-state index in [-0.39, 0.29) is 11.8 Å². The van der Waals surface area contributed by atoms with Gasteiger partial charge < -0.3 is 9.47 Å². The van der Waals surface area contributed by atoms with E-state index in [0.717, 1.165) is 18.4 Å². The average molecular weight is 295 g/mol. The maximum atomic E-state index is 13.0. The molecule has 0 bridgehead atoms. The van der Waals surface area contributed by atoms with E-state index in [4.69, 9.17) is 9.47 Å². The van der Waals surface area contributed by atoms with Crippen LogP contribution in [0.15, 0.2) is 18.2 Å². The Kier molecular flexibility index (Phi) is 4.83. The van der Waals surface area contributed by atoms with Gasteiger partial charge in [0.25, 0.3) is 0 Å². The highest BCUT2D eigenvalue weighted by atomic mass is 19.1. The first-order valence-corrected chi connectivity index (χ1v) is 7.20. The van der Waals surface area contributed by atoms with Crippen molar-refractivity contribution in [1.82, 2.24) is 5.32 Å². The fraction of sp³-hybridized carbons (Fsp3) is 0.562. The Balaban J connectivity index is 1.93. The van der Waals surface area contributed by atoms with Crippen molar-refractivity contribution in [3.63, 3.8) is 0 Å². The number of hydrogen-bond donors (Lipinski definition) is 1. The summed E-state index contributed by atoms with van der Waals surface area (Å²) in [5.41, 5.74) is -0.00551. The summed E-state index contributed by atoms with van der Waals surface area (Å²) in [6.45, 7) is 3.98. The zero-order chi connectivity index (χ0) is 15.5. The monoisotopic (exact) mass is 295 g/mol. The highest BCUT2D eigenvalue weighted by molar-refractivity contribution is 5.80. The molecule has 1 aromatic rings. The lowest BCUT2D eigenvalue weighted by molar-refractivity contribution is -0.148. The van der Waals surface area contributed by atoms with E-state index in [1.165, 1.54) is 19.2 Å². The van der Waals surface area contributed by atoms with Crippen LogP contribution in [0, 0.1) is 12.7 Å². The normalized spacial score (nSPS) is 17.1. The van der Waals surface area contributed by atoms with Crippen molar-refractivity contribution in [1.29, 1.82) is 0 Å². The van der Waals surface area contributed by atoms with Gasteiger partial charge in [-0.25, -0.2) is 4.39 Å². The van der Waals surface area contributed by atoms with Gasteiger partial charge in [0.1, 0.15) is 17.1 Å². The molecule has 1 saturated carbocycles. The smallest absolute Gasteiger partial charge is 0.325 e. The zero-order valence-electron chi connectivity index (χ0n) is 12.7. The van der Waals surface area contributed by atoms with Crippen LogP contribution >= 0.6 is 0 Å². The SMILES string of the molecule is COC(=O)C(C)(CCOc1ccc(F)cc1C)NC1CC1.